The Morgan fingerprint density at radius 2 is 1.92 bits per heavy atom. The van der Waals surface area contributed by atoms with Crippen LogP contribution in [0.4, 0.5) is 0 Å². The fourth-order valence-corrected chi connectivity index (χ4v) is 2.07. The van der Waals surface area contributed by atoms with E-state index in [2.05, 4.69) is 54.6 Å². The van der Waals surface area contributed by atoms with Gasteiger partial charge in [-0.25, -0.2) is 0 Å². The largest absolute Gasteiger partial charge is 0.0726 e. The van der Waals surface area contributed by atoms with Gasteiger partial charge in [0, 0.05) is 5.92 Å². The molecule has 0 radical (unpaired) electrons. The molecule has 0 aliphatic heterocycles. The first-order valence-corrected chi connectivity index (χ1v) is 4.60. The predicted octanol–water partition coefficient (Wildman–Crippen LogP) is 3.29. The smallest absolute Gasteiger partial charge is 0.0278 e. The monoisotopic (exact) mass is 166 g/mol. The zero-order chi connectivity index (χ0) is 8.67. The van der Waals surface area contributed by atoms with Crippen LogP contribution in [-0.4, -0.2) is 0 Å². The average molecular weight is 166 g/mol. The molecular formula is C13H10. The summed E-state index contributed by atoms with van der Waals surface area (Å²) in [7, 11) is 0. The summed E-state index contributed by atoms with van der Waals surface area (Å²) in [4.78, 5) is 0. The Hall–Kier alpha value is -1.56. The Morgan fingerprint density at radius 3 is 2.92 bits per heavy atom. The van der Waals surface area contributed by atoms with E-state index in [0.29, 0.717) is 5.92 Å². The van der Waals surface area contributed by atoms with Gasteiger partial charge in [-0.3, -0.25) is 0 Å². The molecule has 1 unspecified atom stereocenters. The maximum absolute atomic E-state index is 2.26. The molecule has 0 saturated heterocycles. The van der Waals surface area contributed by atoms with E-state index < -0.39 is 0 Å². The second-order valence-corrected chi connectivity index (χ2v) is 3.49. The molecule has 0 spiro atoms. The molecule has 1 aromatic rings. The number of benzene rings is 1. The lowest BCUT2D eigenvalue weighted by Crippen LogP contribution is -2.01. The molecule has 0 heteroatoms. The van der Waals surface area contributed by atoms with Crippen molar-refractivity contribution in [2.75, 3.05) is 0 Å². The molecule has 62 valence electrons. The van der Waals surface area contributed by atoms with E-state index in [4.69, 9.17) is 0 Å². The SMILES string of the molecule is C1=CC2C(=C1)C=Cc1ccccc12. The van der Waals surface area contributed by atoms with Gasteiger partial charge >= 0.3 is 0 Å². The van der Waals surface area contributed by atoms with Crippen LogP contribution >= 0.6 is 0 Å². The molecule has 2 aliphatic rings. The topological polar surface area (TPSA) is 0 Å². The van der Waals surface area contributed by atoms with Gasteiger partial charge in [-0.05, 0) is 16.7 Å². The summed E-state index contributed by atoms with van der Waals surface area (Å²) in [6.45, 7) is 0. The highest BCUT2D eigenvalue weighted by Crippen LogP contribution is 2.37. The van der Waals surface area contributed by atoms with Crippen LogP contribution in [0.3, 0.4) is 0 Å². The van der Waals surface area contributed by atoms with E-state index in [1.165, 1.54) is 16.7 Å². The van der Waals surface area contributed by atoms with Crippen molar-refractivity contribution in [3.8, 4) is 0 Å². The first-order chi connectivity index (χ1) is 6.45. The molecule has 0 nitrogen and oxygen atoms in total. The van der Waals surface area contributed by atoms with E-state index in [0.717, 1.165) is 0 Å². The van der Waals surface area contributed by atoms with Crippen molar-refractivity contribution >= 4 is 6.08 Å². The minimum Gasteiger partial charge on any atom is -0.0726 e. The molecule has 1 aromatic carbocycles. The molecule has 13 heavy (non-hydrogen) atoms. The van der Waals surface area contributed by atoms with Gasteiger partial charge in [0.25, 0.3) is 0 Å². The molecular weight excluding hydrogens is 156 g/mol. The van der Waals surface area contributed by atoms with Gasteiger partial charge in [-0.2, -0.15) is 0 Å². The van der Waals surface area contributed by atoms with Crippen LogP contribution < -0.4 is 0 Å². The summed E-state index contributed by atoms with van der Waals surface area (Å²) in [5.41, 5.74) is 4.21. The number of hydrogen-bond donors (Lipinski definition) is 0. The Kier molecular flexibility index (Phi) is 1.31. The first kappa shape index (κ1) is 6.90. The van der Waals surface area contributed by atoms with Gasteiger partial charge in [0.2, 0.25) is 0 Å². The predicted molar refractivity (Wildman–Crippen MR) is 55.4 cm³/mol. The fraction of sp³-hybridized carbons (Fsp3) is 0.0769. The summed E-state index contributed by atoms with van der Waals surface area (Å²) >= 11 is 0. The molecule has 0 bridgehead atoms. The molecule has 0 heterocycles. The average Bonchev–Trinajstić information content (AvgIpc) is 2.65. The maximum atomic E-state index is 2.26. The summed E-state index contributed by atoms with van der Waals surface area (Å²) in [5.74, 6) is 0.515. The second-order valence-electron chi connectivity index (χ2n) is 3.49. The first-order valence-electron chi connectivity index (χ1n) is 4.60. The number of rotatable bonds is 0. The highest BCUT2D eigenvalue weighted by molar-refractivity contribution is 5.67. The van der Waals surface area contributed by atoms with Crippen molar-refractivity contribution in [3.63, 3.8) is 0 Å². The van der Waals surface area contributed by atoms with Crippen molar-refractivity contribution in [1.29, 1.82) is 0 Å². The van der Waals surface area contributed by atoms with Crippen LogP contribution in [0.5, 0.6) is 0 Å². The van der Waals surface area contributed by atoms with Crippen LogP contribution in [-0.2, 0) is 0 Å². The van der Waals surface area contributed by atoms with E-state index in [1.807, 2.05) is 0 Å². The standard InChI is InChI=1S/C13H10/c1-2-6-12-10(4-1)8-9-11-5-3-7-13(11)12/h1-9,13H. The number of allylic oxidation sites excluding steroid dienone is 5. The molecule has 3 rings (SSSR count). The van der Waals surface area contributed by atoms with Gasteiger partial charge in [0.05, 0.1) is 0 Å². The van der Waals surface area contributed by atoms with Crippen LogP contribution in [0.2, 0.25) is 0 Å². The Labute approximate surface area is 77.9 Å². The lowest BCUT2D eigenvalue weighted by atomic mass is 9.86. The second kappa shape index (κ2) is 2.46. The van der Waals surface area contributed by atoms with Crippen molar-refractivity contribution in [1.82, 2.24) is 0 Å². The molecule has 0 saturated carbocycles. The quantitative estimate of drug-likeness (QED) is 0.554. The summed E-state index contributed by atoms with van der Waals surface area (Å²) in [6.07, 6.45) is 11.0. The van der Waals surface area contributed by atoms with Crippen LogP contribution in [0.15, 0.2) is 54.1 Å². The van der Waals surface area contributed by atoms with Crippen LogP contribution in [0.25, 0.3) is 6.08 Å². The van der Waals surface area contributed by atoms with Crippen molar-refractivity contribution in [2.45, 2.75) is 5.92 Å². The molecule has 0 aromatic heterocycles. The van der Waals surface area contributed by atoms with Crippen molar-refractivity contribution < 1.29 is 0 Å². The number of hydrogen-bond acceptors (Lipinski definition) is 0. The minimum absolute atomic E-state index is 0.515. The van der Waals surface area contributed by atoms with Crippen molar-refractivity contribution in [3.05, 3.63) is 65.3 Å². The van der Waals surface area contributed by atoms with E-state index in [1.54, 1.807) is 0 Å². The molecule has 0 amide bonds. The van der Waals surface area contributed by atoms with Crippen LogP contribution in [0, 0.1) is 0 Å². The third kappa shape index (κ3) is 0.919. The Morgan fingerprint density at radius 1 is 1.00 bits per heavy atom. The lowest BCUT2D eigenvalue weighted by molar-refractivity contribution is 1.03. The normalized spacial score (nSPS) is 22.5. The molecule has 0 fully saturated rings. The van der Waals surface area contributed by atoms with E-state index in [-0.39, 0.29) is 0 Å². The molecule has 0 N–H and O–H groups in total. The van der Waals surface area contributed by atoms with Crippen LogP contribution in [0.1, 0.15) is 17.0 Å². The van der Waals surface area contributed by atoms with Gasteiger partial charge in [0.15, 0.2) is 0 Å². The Balaban J connectivity index is 2.25. The van der Waals surface area contributed by atoms with E-state index in [9.17, 15) is 0 Å². The number of fused-ring (bicyclic) bond motifs is 3. The summed E-state index contributed by atoms with van der Waals surface area (Å²) in [6, 6.07) is 8.60. The lowest BCUT2D eigenvalue weighted by Gasteiger charge is -2.18. The van der Waals surface area contributed by atoms with Crippen molar-refractivity contribution in [2.24, 2.45) is 0 Å². The third-order valence-corrected chi connectivity index (χ3v) is 2.74. The van der Waals surface area contributed by atoms with Gasteiger partial charge in [-0.15, -0.1) is 0 Å². The molecule has 1 atom stereocenters. The maximum Gasteiger partial charge on any atom is 0.0278 e. The van der Waals surface area contributed by atoms with Gasteiger partial charge < -0.3 is 0 Å². The highest BCUT2D eigenvalue weighted by Gasteiger charge is 2.19. The summed E-state index contributed by atoms with van der Waals surface area (Å²) in [5, 5.41) is 0. The Bertz CT molecular complexity index is 433. The third-order valence-electron chi connectivity index (χ3n) is 2.74. The summed E-state index contributed by atoms with van der Waals surface area (Å²) < 4.78 is 0. The molecule has 2 aliphatic carbocycles. The zero-order valence-electron chi connectivity index (χ0n) is 7.27. The van der Waals surface area contributed by atoms with Gasteiger partial charge in [-0.1, -0.05) is 54.6 Å². The fourth-order valence-electron chi connectivity index (χ4n) is 2.07. The highest BCUT2D eigenvalue weighted by atomic mass is 14.2. The minimum atomic E-state index is 0.515. The zero-order valence-corrected chi connectivity index (χ0v) is 7.27. The van der Waals surface area contributed by atoms with E-state index >= 15 is 0 Å². The van der Waals surface area contributed by atoms with Gasteiger partial charge in [0.1, 0.15) is 0 Å².